The predicted octanol–water partition coefficient (Wildman–Crippen LogP) is 0.799. The molecular weight excluding hydrogens is 232 g/mol. The number of hydrogen-bond donors (Lipinski definition) is 2. The molecule has 1 aromatic rings. The maximum Gasteiger partial charge on any atom is 0.270 e. The molecule has 1 aliphatic heterocycles. The van der Waals surface area contributed by atoms with E-state index in [1.54, 1.807) is 11.0 Å². The molecule has 100 valence electrons. The highest BCUT2D eigenvalue weighted by molar-refractivity contribution is 5.92. The van der Waals surface area contributed by atoms with Gasteiger partial charge in [-0.2, -0.15) is 0 Å². The van der Waals surface area contributed by atoms with Crippen LogP contribution in [0.2, 0.25) is 0 Å². The van der Waals surface area contributed by atoms with Gasteiger partial charge in [0.25, 0.3) is 5.91 Å². The predicted molar refractivity (Wildman–Crippen MR) is 67.5 cm³/mol. The Balaban J connectivity index is 2.14. The van der Waals surface area contributed by atoms with Gasteiger partial charge in [-0.15, -0.1) is 0 Å². The van der Waals surface area contributed by atoms with Gasteiger partial charge < -0.3 is 19.7 Å². The van der Waals surface area contributed by atoms with Gasteiger partial charge in [-0.1, -0.05) is 6.92 Å². The van der Waals surface area contributed by atoms with Crippen LogP contribution < -0.4 is 0 Å². The smallest absolute Gasteiger partial charge is 0.270 e. The van der Waals surface area contributed by atoms with E-state index in [1.165, 1.54) is 0 Å². The summed E-state index contributed by atoms with van der Waals surface area (Å²) in [7, 11) is 0. The normalized spacial score (nSPS) is 23.3. The number of aromatic nitrogens is 1. The van der Waals surface area contributed by atoms with Crippen molar-refractivity contribution in [3.05, 3.63) is 23.5 Å². The van der Waals surface area contributed by atoms with Crippen molar-refractivity contribution in [1.29, 1.82) is 0 Å². The third-order valence-corrected chi connectivity index (χ3v) is 3.38. The Labute approximate surface area is 107 Å². The maximum atomic E-state index is 12.4. The molecule has 1 aliphatic rings. The van der Waals surface area contributed by atoms with E-state index in [2.05, 4.69) is 4.98 Å². The van der Waals surface area contributed by atoms with Crippen LogP contribution >= 0.6 is 0 Å². The molecule has 5 nitrogen and oxygen atoms in total. The SMILES string of the molecule is CCc1ccc(C(=O)N(CC)[C@H]2COC[C@@H]2O)[nH]1. The topological polar surface area (TPSA) is 65.6 Å². The number of hydrogen-bond acceptors (Lipinski definition) is 3. The van der Waals surface area contributed by atoms with Crippen molar-refractivity contribution in [1.82, 2.24) is 9.88 Å². The summed E-state index contributed by atoms with van der Waals surface area (Å²) in [6.45, 7) is 5.21. The zero-order valence-corrected chi connectivity index (χ0v) is 10.8. The van der Waals surface area contributed by atoms with E-state index >= 15 is 0 Å². The van der Waals surface area contributed by atoms with E-state index in [0.29, 0.717) is 25.5 Å². The number of nitrogens with one attached hydrogen (secondary N) is 1. The Morgan fingerprint density at radius 2 is 2.28 bits per heavy atom. The minimum Gasteiger partial charge on any atom is -0.388 e. The molecule has 1 amide bonds. The molecule has 2 N–H and O–H groups in total. The van der Waals surface area contributed by atoms with E-state index in [0.717, 1.165) is 12.1 Å². The minimum absolute atomic E-state index is 0.0771. The van der Waals surface area contributed by atoms with E-state index in [4.69, 9.17) is 4.74 Å². The first kappa shape index (κ1) is 13.1. The molecule has 0 spiro atoms. The highest BCUT2D eigenvalue weighted by Gasteiger charge is 2.34. The number of rotatable bonds is 4. The Morgan fingerprint density at radius 3 is 2.78 bits per heavy atom. The molecule has 5 heteroatoms. The standard InChI is InChI=1S/C13H20N2O3/c1-3-9-5-6-10(14-9)13(17)15(4-2)11-7-18-8-12(11)16/h5-6,11-12,14,16H,3-4,7-8H2,1-2H3/t11-,12-/m0/s1. The fourth-order valence-electron chi connectivity index (χ4n) is 2.28. The first-order chi connectivity index (χ1) is 8.67. The van der Waals surface area contributed by atoms with Crippen LogP contribution in [-0.2, 0) is 11.2 Å². The molecule has 1 aromatic heterocycles. The van der Waals surface area contributed by atoms with E-state index in [9.17, 15) is 9.90 Å². The van der Waals surface area contributed by atoms with Gasteiger partial charge in [-0.3, -0.25) is 4.79 Å². The van der Waals surface area contributed by atoms with Crippen molar-refractivity contribution in [3.8, 4) is 0 Å². The van der Waals surface area contributed by atoms with Crippen molar-refractivity contribution in [3.63, 3.8) is 0 Å². The number of aliphatic hydroxyl groups is 1. The number of aryl methyl sites for hydroxylation is 1. The number of ether oxygens (including phenoxy) is 1. The fraction of sp³-hybridized carbons (Fsp3) is 0.615. The highest BCUT2D eigenvalue weighted by Crippen LogP contribution is 2.16. The Kier molecular flexibility index (Phi) is 4.04. The van der Waals surface area contributed by atoms with Crippen LogP contribution in [0.3, 0.4) is 0 Å². The van der Waals surface area contributed by atoms with Gasteiger partial charge in [0.1, 0.15) is 5.69 Å². The summed E-state index contributed by atoms with van der Waals surface area (Å²) in [5.74, 6) is -0.0771. The first-order valence-electron chi connectivity index (χ1n) is 6.42. The zero-order valence-electron chi connectivity index (χ0n) is 10.8. The van der Waals surface area contributed by atoms with Crippen molar-refractivity contribution in [2.75, 3.05) is 19.8 Å². The second-order valence-corrected chi connectivity index (χ2v) is 4.51. The summed E-state index contributed by atoms with van der Waals surface area (Å²) < 4.78 is 5.21. The lowest BCUT2D eigenvalue weighted by atomic mass is 10.1. The average molecular weight is 252 g/mol. The molecule has 1 fully saturated rings. The number of H-pyrrole nitrogens is 1. The Morgan fingerprint density at radius 1 is 1.50 bits per heavy atom. The van der Waals surface area contributed by atoms with Crippen molar-refractivity contribution >= 4 is 5.91 Å². The van der Waals surface area contributed by atoms with Gasteiger partial charge in [0.05, 0.1) is 25.4 Å². The van der Waals surface area contributed by atoms with Crippen LogP contribution in [0.4, 0.5) is 0 Å². The number of aliphatic hydroxyl groups excluding tert-OH is 1. The lowest BCUT2D eigenvalue weighted by molar-refractivity contribution is 0.0516. The largest absolute Gasteiger partial charge is 0.388 e. The zero-order chi connectivity index (χ0) is 13.1. The number of likely N-dealkylation sites (N-methyl/N-ethyl adjacent to an activating group) is 1. The summed E-state index contributed by atoms with van der Waals surface area (Å²) >= 11 is 0. The molecule has 2 heterocycles. The summed E-state index contributed by atoms with van der Waals surface area (Å²) in [6.07, 6.45) is 0.281. The van der Waals surface area contributed by atoms with Gasteiger partial charge >= 0.3 is 0 Å². The quantitative estimate of drug-likeness (QED) is 0.833. The average Bonchev–Trinajstić information content (AvgIpc) is 2.99. The minimum atomic E-state index is -0.588. The van der Waals surface area contributed by atoms with Gasteiger partial charge in [0, 0.05) is 12.2 Å². The molecule has 0 radical (unpaired) electrons. The molecule has 0 bridgehead atoms. The van der Waals surface area contributed by atoms with E-state index in [1.807, 2.05) is 19.9 Å². The summed E-state index contributed by atoms with van der Waals surface area (Å²) in [5, 5.41) is 9.81. The third kappa shape index (κ3) is 2.42. The van der Waals surface area contributed by atoms with Crippen LogP contribution in [0.1, 0.15) is 30.0 Å². The Bertz CT molecular complexity index is 416. The van der Waals surface area contributed by atoms with Gasteiger partial charge in [0.15, 0.2) is 0 Å². The van der Waals surface area contributed by atoms with Gasteiger partial charge in [-0.05, 0) is 25.5 Å². The van der Waals surface area contributed by atoms with Crippen LogP contribution in [-0.4, -0.2) is 52.8 Å². The molecule has 1 saturated heterocycles. The Hall–Kier alpha value is -1.33. The molecule has 0 aromatic carbocycles. The van der Waals surface area contributed by atoms with Gasteiger partial charge in [-0.25, -0.2) is 0 Å². The number of aromatic amines is 1. The number of amides is 1. The fourth-order valence-corrected chi connectivity index (χ4v) is 2.28. The molecule has 0 unspecified atom stereocenters. The highest BCUT2D eigenvalue weighted by atomic mass is 16.5. The second-order valence-electron chi connectivity index (χ2n) is 4.51. The van der Waals surface area contributed by atoms with Gasteiger partial charge in [0.2, 0.25) is 0 Å². The summed E-state index contributed by atoms with van der Waals surface area (Å²) in [4.78, 5) is 17.1. The molecule has 0 aliphatic carbocycles. The number of carbonyl (C=O) groups excluding carboxylic acids is 1. The number of carbonyl (C=O) groups is 1. The number of nitrogens with zero attached hydrogens (tertiary/aromatic N) is 1. The van der Waals surface area contributed by atoms with Crippen molar-refractivity contribution in [2.45, 2.75) is 32.4 Å². The summed E-state index contributed by atoms with van der Waals surface area (Å²) in [6, 6.07) is 3.48. The monoisotopic (exact) mass is 252 g/mol. The molecule has 0 saturated carbocycles. The van der Waals surface area contributed by atoms with Crippen molar-refractivity contribution in [2.24, 2.45) is 0 Å². The lowest BCUT2D eigenvalue weighted by Crippen LogP contribution is -2.46. The third-order valence-electron chi connectivity index (χ3n) is 3.38. The van der Waals surface area contributed by atoms with Crippen molar-refractivity contribution < 1.29 is 14.6 Å². The van der Waals surface area contributed by atoms with Crippen LogP contribution in [0.5, 0.6) is 0 Å². The molecule has 2 atom stereocenters. The van der Waals surface area contributed by atoms with E-state index < -0.39 is 6.10 Å². The first-order valence-corrected chi connectivity index (χ1v) is 6.42. The van der Waals surface area contributed by atoms with Crippen LogP contribution in [0.15, 0.2) is 12.1 Å². The van der Waals surface area contributed by atoms with E-state index in [-0.39, 0.29) is 11.9 Å². The van der Waals surface area contributed by atoms with Crippen LogP contribution in [0.25, 0.3) is 0 Å². The summed E-state index contributed by atoms with van der Waals surface area (Å²) in [5.41, 5.74) is 1.62. The lowest BCUT2D eigenvalue weighted by Gasteiger charge is -2.28. The second kappa shape index (κ2) is 5.54. The molecule has 18 heavy (non-hydrogen) atoms. The molecule has 2 rings (SSSR count). The maximum absolute atomic E-state index is 12.4. The van der Waals surface area contributed by atoms with Crippen LogP contribution in [0, 0.1) is 0 Å². The molecular formula is C13H20N2O3.